The number of piperidine rings is 1. The fourth-order valence-electron chi connectivity index (χ4n) is 3.72. The molecule has 2 fully saturated rings. The third-order valence-electron chi connectivity index (χ3n) is 4.78. The molecule has 0 N–H and O–H groups in total. The first-order valence-corrected chi connectivity index (χ1v) is 7.27. The molecule has 2 rings (SSSR count). The van der Waals surface area contributed by atoms with Gasteiger partial charge in [0.2, 0.25) is 11.8 Å². The average molecular weight is 273 g/mol. The van der Waals surface area contributed by atoms with Crippen LogP contribution in [0.15, 0.2) is 0 Å². The van der Waals surface area contributed by atoms with Crippen LogP contribution in [0.25, 0.3) is 0 Å². The summed E-state index contributed by atoms with van der Waals surface area (Å²) in [6.45, 7) is 1.92. The van der Waals surface area contributed by atoms with Crippen molar-refractivity contribution in [3.8, 4) is 12.1 Å². The Hall–Kier alpha value is -1.88. The topological polar surface area (TPSA) is 85.0 Å². The van der Waals surface area contributed by atoms with Gasteiger partial charge < -0.3 is 0 Å². The molecule has 1 heterocycles. The summed E-state index contributed by atoms with van der Waals surface area (Å²) in [4.78, 5) is 25.9. The van der Waals surface area contributed by atoms with Gasteiger partial charge in [-0.2, -0.15) is 10.5 Å². The lowest BCUT2D eigenvalue weighted by Gasteiger charge is -2.45. The highest BCUT2D eigenvalue weighted by Crippen LogP contribution is 2.50. The lowest BCUT2D eigenvalue weighted by atomic mass is 9.60. The van der Waals surface area contributed by atoms with Crippen LogP contribution in [0.2, 0.25) is 0 Å². The van der Waals surface area contributed by atoms with Gasteiger partial charge in [-0.1, -0.05) is 25.7 Å². The minimum Gasteiger partial charge on any atom is -0.281 e. The summed E-state index contributed by atoms with van der Waals surface area (Å²) in [5.74, 6) is -2.53. The van der Waals surface area contributed by atoms with Crippen molar-refractivity contribution in [2.75, 3.05) is 6.54 Å². The highest BCUT2D eigenvalue weighted by molar-refractivity contribution is 6.03. The molecule has 1 saturated carbocycles. The summed E-state index contributed by atoms with van der Waals surface area (Å²) in [5.41, 5.74) is -0.764. The molecular weight excluding hydrogens is 254 g/mol. The van der Waals surface area contributed by atoms with Gasteiger partial charge in [0.15, 0.2) is 0 Å². The quantitative estimate of drug-likeness (QED) is 0.684. The zero-order valence-corrected chi connectivity index (χ0v) is 11.8. The second-order valence-corrected chi connectivity index (χ2v) is 5.69. The number of carbonyl (C=O) groups excluding carboxylic acids is 2. The molecule has 2 atom stereocenters. The van der Waals surface area contributed by atoms with Crippen LogP contribution in [0.5, 0.6) is 0 Å². The van der Waals surface area contributed by atoms with Crippen molar-refractivity contribution >= 4 is 11.8 Å². The Morgan fingerprint density at radius 1 is 1.05 bits per heavy atom. The largest absolute Gasteiger partial charge is 0.281 e. The van der Waals surface area contributed by atoms with E-state index in [2.05, 4.69) is 12.1 Å². The molecule has 0 aromatic carbocycles. The van der Waals surface area contributed by atoms with Crippen molar-refractivity contribution in [2.45, 2.75) is 45.4 Å². The van der Waals surface area contributed by atoms with E-state index in [9.17, 15) is 20.1 Å². The van der Waals surface area contributed by atoms with Crippen LogP contribution in [-0.2, 0) is 9.59 Å². The first-order valence-electron chi connectivity index (χ1n) is 7.27. The van der Waals surface area contributed by atoms with E-state index in [4.69, 9.17) is 0 Å². The van der Waals surface area contributed by atoms with Crippen LogP contribution in [-0.4, -0.2) is 23.3 Å². The van der Waals surface area contributed by atoms with E-state index >= 15 is 0 Å². The maximum Gasteiger partial charge on any atom is 0.247 e. The molecule has 0 bridgehead atoms. The summed E-state index contributed by atoms with van der Waals surface area (Å²) in [7, 11) is 0. The molecule has 2 amide bonds. The maximum absolute atomic E-state index is 12.4. The standard InChI is InChI=1S/C15H19N3O2/c1-2-18-13(19)11(9-16)15(12(10-17)14(18)20)7-5-3-4-6-8-15/h11-12H,2-8H2,1H3. The van der Waals surface area contributed by atoms with E-state index in [1.165, 1.54) is 0 Å². The molecule has 0 radical (unpaired) electrons. The molecule has 1 spiro atoms. The van der Waals surface area contributed by atoms with Gasteiger partial charge in [0, 0.05) is 12.0 Å². The number of hydrogen-bond acceptors (Lipinski definition) is 4. The van der Waals surface area contributed by atoms with E-state index in [1.807, 2.05) is 0 Å². The predicted octanol–water partition coefficient (Wildman–Crippen LogP) is 2.00. The van der Waals surface area contributed by atoms with E-state index in [0.29, 0.717) is 12.8 Å². The first kappa shape index (κ1) is 14.5. The molecule has 1 aliphatic carbocycles. The Kier molecular flexibility index (Phi) is 4.09. The summed E-state index contributed by atoms with van der Waals surface area (Å²) < 4.78 is 0. The van der Waals surface area contributed by atoms with Gasteiger partial charge >= 0.3 is 0 Å². The third kappa shape index (κ3) is 1.98. The normalized spacial score (nSPS) is 29.6. The highest BCUT2D eigenvalue weighted by Gasteiger charge is 2.58. The van der Waals surface area contributed by atoms with Gasteiger partial charge in [-0.25, -0.2) is 0 Å². The highest BCUT2D eigenvalue weighted by atomic mass is 16.2. The van der Waals surface area contributed by atoms with Crippen molar-refractivity contribution in [3.05, 3.63) is 0 Å². The van der Waals surface area contributed by atoms with Crippen molar-refractivity contribution in [1.82, 2.24) is 4.90 Å². The molecule has 1 aliphatic heterocycles. The van der Waals surface area contributed by atoms with Gasteiger partial charge in [-0.3, -0.25) is 14.5 Å². The molecule has 1 saturated heterocycles. The van der Waals surface area contributed by atoms with Crippen LogP contribution < -0.4 is 0 Å². The predicted molar refractivity (Wildman–Crippen MR) is 70.7 cm³/mol. The number of amides is 2. The third-order valence-corrected chi connectivity index (χ3v) is 4.78. The van der Waals surface area contributed by atoms with Crippen LogP contribution in [0.4, 0.5) is 0 Å². The molecule has 5 heteroatoms. The van der Waals surface area contributed by atoms with E-state index in [-0.39, 0.29) is 6.54 Å². The van der Waals surface area contributed by atoms with Crippen molar-refractivity contribution in [1.29, 1.82) is 10.5 Å². The lowest BCUT2D eigenvalue weighted by Crippen LogP contribution is -2.59. The monoisotopic (exact) mass is 273 g/mol. The van der Waals surface area contributed by atoms with Crippen molar-refractivity contribution in [2.24, 2.45) is 17.3 Å². The minimum atomic E-state index is -0.858. The zero-order valence-electron chi connectivity index (χ0n) is 11.8. The number of likely N-dealkylation sites (tertiary alicyclic amines) is 1. The fraction of sp³-hybridized carbons (Fsp3) is 0.733. The lowest BCUT2D eigenvalue weighted by molar-refractivity contribution is -0.162. The second kappa shape index (κ2) is 5.63. The molecule has 2 unspecified atom stereocenters. The number of imide groups is 1. The molecule has 0 aromatic rings. The molecule has 106 valence electrons. The van der Waals surface area contributed by atoms with E-state index in [0.717, 1.165) is 30.6 Å². The van der Waals surface area contributed by atoms with Gasteiger partial charge in [-0.15, -0.1) is 0 Å². The Morgan fingerprint density at radius 3 is 1.85 bits per heavy atom. The van der Waals surface area contributed by atoms with Crippen molar-refractivity contribution in [3.63, 3.8) is 0 Å². The summed E-state index contributed by atoms with van der Waals surface area (Å²) in [6.07, 6.45) is 5.08. The van der Waals surface area contributed by atoms with Crippen LogP contribution in [0, 0.1) is 39.9 Å². The smallest absolute Gasteiger partial charge is 0.247 e. The van der Waals surface area contributed by atoms with Gasteiger partial charge in [-0.05, 0) is 19.8 Å². The van der Waals surface area contributed by atoms with Crippen LogP contribution in [0.1, 0.15) is 45.4 Å². The zero-order chi connectivity index (χ0) is 14.8. The number of nitrogens with zero attached hydrogens (tertiary/aromatic N) is 3. The van der Waals surface area contributed by atoms with Gasteiger partial charge in [0.25, 0.3) is 0 Å². The number of hydrogen-bond donors (Lipinski definition) is 0. The van der Waals surface area contributed by atoms with E-state index < -0.39 is 29.1 Å². The maximum atomic E-state index is 12.4. The minimum absolute atomic E-state index is 0.226. The van der Waals surface area contributed by atoms with Gasteiger partial charge in [0.05, 0.1) is 12.1 Å². The van der Waals surface area contributed by atoms with Crippen LogP contribution in [0.3, 0.4) is 0 Å². The number of carbonyl (C=O) groups is 2. The molecule has 20 heavy (non-hydrogen) atoms. The van der Waals surface area contributed by atoms with Gasteiger partial charge in [0.1, 0.15) is 11.8 Å². The Morgan fingerprint density at radius 2 is 1.50 bits per heavy atom. The summed E-state index contributed by atoms with van der Waals surface area (Å²) >= 11 is 0. The molecule has 2 aliphatic rings. The second-order valence-electron chi connectivity index (χ2n) is 5.69. The van der Waals surface area contributed by atoms with E-state index in [1.54, 1.807) is 6.92 Å². The SMILES string of the molecule is CCN1C(=O)C(C#N)C2(CCCCCC2)C(C#N)C1=O. The fourth-order valence-corrected chi connectivity index (χ4v) is 3.72. The first-order chi connectivity index (χ1) is 9.62. The van der Waals surface area contributed by atoms with Crippen molar-refractivity contribution < 1.29 is 9.59 Å². The molecule has 0 aromatic heterocycles. The molecular formula is C15H19N3O2. The Balaban J connectivity index is 2.51. The number of nitriles is 2. The van der Waals surface area contributed by atoms with Crippen LogP contribution >= 0.6 is 0 Å². The Labute approximate surface area is 119 Å². The molecule has 5 nitrogen and oxygen atoms in total. The summed E-state index contributed by atoms with van der Waals surface area (Å²) in [6, 6.07) is 4.19. The number of rotatable bonds is 1. The Bertz CT molecular complexity index is 456. The summed E-state index contributed by atoms with van der Waals surface area (Å²) in [5, 5.41) is 18.9. The average Bonchev–Trinajstić information content (AvgIpc) is 2.67.